The van der Waals surface area contributed by atoms with E-state index in [1.807, 2.05) is 24.3 Å². The Morgan fingerprint density at radius 3 is 2.39 bits per heavy atom. The molecule has 2 rings (SSSR count). The molecule has 3 unspecified atom stereocenters. The number of benzene rings is 1. The highest BCUT2D eigenvalue weighted by Crippen LogP contribution is 2.18. The lowest BCUT2D eigenvalue weighted by atomic mass is 10.0. The van der Waals surface area contributed by atoms with E-state index in [0.29, 0.717) is 0 Å². The second-order valence-corrected chi connectivity index (χ2v) is 8.22. The number of carboxylic acids is 1. The van der Waals surface area contributed by atoms with Gasteiger partial charge >= 0.3 is 5.97 Å². The second-order valence-electron chi connectivity index (χ2n) is 8.22. The summed E-state index contributed by atoms with van der Waals surface area (Å²) in [5.41, 5.74) is 7.75. The molecule has 0 aliphatic carbocycles. The Hall–Kier alpha value is -3.44. The topological polar surface area (TPSA) is 187 Å². The van der Waals surface area contributed by atoms with Crippen LogP contribution in [0.15, 0.2) is 30.5 Å². The van der Waals surface area contributed by atoms with Crippen LogP contribution in [0.4, 0.5) is 0 Å². The summed E-state index contributed by atoms with van der Waals surface area (Å²) in [5.74, 6) is -3.31. The number of nitrogens with two attached hydrogens (primary N) is 1. The summed E-state index contributed by atoms with van der Waals surface area (Å²) in [6.45, 7) is 2.41. The number of aliphatic hydroxyl groups excluding tert-OH is 1. The number of rotatable bonds is 12. The van der Waals surface area contributed by atoms with Crippen LogP contribution in [0.25, 0.3) is 10.9 Å². The van der Waals surface area contributed by atoms with E-state index in [-0.39, 0.29) is 18.8 Å². The first-order valence-corrected chi connectivity index (χ1v) is 10.6. The molecule has 0 aliphatic heterocycles. The van der Waals surface area contributed by atoms with E-state index in [0.717, 1.165) is 16.5 Å². The molecule has 3 atom stereocenters. The van der Waals surface area contributed by atoms with Crippen LogP contribution in [0.3, 0.4) is 0 Å². The van der Waals surface area contributed by atoms with Crippen molar-refractivity contribution in [3.05, 3.63) is 36.0 Å². The van der Waals surface area contributed by atoms with Crippen LogP contribution >= 0.6 is 0 Å². The summed E-state index contributed by atoms with van der Waals surface area (Å²) in [4.78, 5) is 51.1. The van der Waals surface area contributed by atoms with E-state index in [9.17, 15) is 29.4 Å². The van der Waals surface area contributed by atoms with Crippen molar-refractivity contribution in [3.63, 3.8) is 0 Å². The summed E-state index contributed by atoms with van der Waals surface area (Å²) in [6.07, 6.45) is 2.22. The molecule has 0 spiro atoms. The van der Waals surface area contributed by atoms with Crippen LogP contribution in [-0.4, -0.2) is 70.2 Å². The zero-order valence-corrected chi connectivity index (χ0v) is 18.6. The van der Waals surface area contributed by atoms with Gasteiger partial charge in [-0.3, -0.25) is 14.4 Å². The SMILES string of the molecule is CC(C)CC(NC(=O)C(CO)NC(=O)CNC(=O)C(N)Cc1c[nH]c2ccccc12)C(=O)O. The summed E-state index contributed by atoms with van der Waals surface area (Å²) < 4.78 is 0. The van der Waals surface area contributed by atoms with Crippen molar-refractivity contribution in [2.24, 2.45) is 11.7 Å². The third-order valence-corrected chi connectivity index (χ3v) is 5.03. The van der Waals surface area contributed by atoms with Crippen molar-refractivity contribution >= 4 is 34.6 Å². The molecule has 2 aromatic rings. The normalized spacial score (nSPS) is 13.8. The number of carbonyl (C=O) groups excluding carboxylic acids is 3. The molecular weight excluding hydrogens is 430 g/mol. The fourth-order valence-electron chi connectivity index (χ4n) is 3.33. The average Bonchev–Trinajstić information content (AvgIpc) is 3.17. The van der Waals surface area contributed by atoms with Gasteiger partial charge in [-0.15, -0.1) is 0 Å². The highest BCUT2D eigenvalue weighted by atomic mass is 16.4. The molecule has 1 heterocycles. The summed E-state index contributed by atoms with van der Waals surface area (Å²) in [6, 6.07) is 4.18. The van der Waals surface area contributed by atoms with Crippen LogP contribution in [0.5, 0.6) is 0 Å². The van der Waals surface area contributed by atoms with Crippen LogP contribution in [0, 0.1) is 5.92 Å². The Morgan fingerprint density at radius 1 is 1.06 bits per heavy atom. The first-order chi connectivity index (χ1) is 15.6. The van der Waals surface area contributed by atoms with Gasteiger partial charge in [0.25, 0.3) is 0 Å². The Morgan fingerprint density at radius 2 is 1.76 bits per heavy atom. The number of H-pyrrole nitrogens is 1. The molecule has 0 radical (unpaired) electrons. The number of hydrogen-bond acceptors (Lipinski definition) is 6. The zero-order valence-electron chi connectivity index (χ0n) is 18.6. The summed E-state index contributed by atoms with van der Waals surface area (Å²) >= 11 is 0. The number of aliphatic carboxylic acids is 1. The van der Waals surface area contributed by atoms with Gasteiger partial charge in [0.15, 0.2) is 0 Å². The lowest BCUT2D eigenvalue weighted by Crippen LogP contribution is -2.55. The van der Waals surface area contributed by atoms with Crippen LogP contribution in [-0.2, 0) is 25.6 Å². The molecular formula is C22H31N5O6. The smallest absolute Gasteiger partial charge is 0.326 e. The number of aromatic nitrogens is 1. The summed E-state index contributed by atoms with van der Waals surface area (Å²) in [7, 11) is 0. The van der Waals surface area contributed by atoms with Crippen molar-refractivity contribution in [3.8, 4) is 0 Å². The van der Waals surface area contributed by atoms with Crippen molar-refractivity contribution in [1.29, 1.82) is 0 Å². The van der Waals surface area contributed by atoms with Crippen LogP contribution in [0.1, 0.15) is 25.8 Å². The minimum Gasteiger partial charge on any atom is -0.480 e. The zero-order chi connectivity index (χ0) is 24.5. The first kappa shape index (κ1) is 25.8. The molecule has 3 amide bonds. The molecule has 0 bridgehead atoms. The van der Waals surface area contributed by atoms with Gasteiger partial charge in [0, 0.05) is 17.1 Å². The number of hydrogen-bond donors (Lipinski definition) is 7. The van der Waals surface area contributed by atoms with Crippen LogP contribution < -0.4 is 21.7 Å². The Balaban J connectivity index is 1.84. The molecule has 0 saturated heterocycles. The van der Waals surface area contributed by atoms with E-state index >= 15 is 0 Å². The number of amides is 3. The molecule has 0 fully saturated rings. The van der Waals surface area contributed by atoms with Crippen molar-refractivity contribution < 1.29 is 29.4 Å². The highest BCUT2D eigenvalue weighted by molar-refractivity contribution is 5.93. The molecule has 8 N–H and O–H groups in total. The van der Waals surface area contributed by atoms with Crippen molar-refractivity contribution in [2.45, 2.75) is 44.8 Å². The number of aromatic amines is 1. The highest BCUT2D eigenvalue weighted by Gasteiger charge is 2.27. The number of carbonyl (C=O) groups is 4. The second kappa shape index (κ2) is 12.0. The van der Waals surface area contributed by atoms with Gasteiger partial charge in [0.1, 0.15) is 12.1 Å². The molecule has 180 valence electrons. The standard InChI is InChI=1S/C22H31N5O6/c1-12(2)7-17(22(32)33)27-21(31)18(11-28)26-19(29)10-25-20(30)15(23)8-13-9-24-16-6-4-3-5-14(13)16/h3-6,9,12,15,17-18,24,28H,7-8,10-11,23H2,1-2H3,(H,25,30)(H,26,29)(H,27,31)(H,32,33). The minimum absolute atomic E-state index is 0.0113. The van der Waals surface area contributed by atoms with Gasteiger partial charge in [-0.1, -0.05) is 32.0 Å². The Bertz CT molecular complexity index is 989. The molecule has 1 aromatic heterocycles. The fourth-order valence-corrected chi connectivity index (χ4v) is 3.33. The number of carboxylic acid groups (broad SMARTS) is 1. The number of fused-ring (bicyclic) bond motifs is 1. The van der Waals surface area contributed by atoms with Crippen molar-refractivity contribution in [2.75, 3.05) is 13.2 Å². The molecule has 11 heteroatoms. The van der Waals surface area contributed by atoms with Crippen molar-refractivity contribution in [1.82, 2.24) is 20.9 Å². The fraction of sp³-hybridized carbons (Fsp3) is 0.455. The third-order valence-electron chi connectivity index (χ3n) is 5.03. The number of nitrogens with one attached hydrogen (secondary N) is 4. The molecule has 33 heavy (non-hydrogen) atoms. The van der Waals surface area contributed by atoms with Gasteiger partial charge in [0.2, 0.25) is 17.7 Å². The van der Waals surface area contributed by atoms with Gasteiger partial charge in [-0.05, 0) is 30.4 Å². The van der Waals surface area contributed by atoms with Gasteiger partial charge in [-0.2, -0.15) is 0 Å². The van der Waals surface area contributed by atoms with E-state index in [2.05, 4.69) is 20.9 Å². The van der Waals surface area contributed by atoms with E-state index in [4.69, 9.17) is 5.73 Å². The molecule has 1 aromatic carbocycles. The van der Waals surface area contributed by atoms with Gasteiger partial charge < -0.3 is 36.9 Å². The minimum atomic E-state index is -1.36. The largest absolute Gasteiger partial charge is 0.480 e. The molecule has 11 nitrogen and oxygen atoms in total. The first-order valence-electron chi connectivity index (χ1n) is 10.6. The number of aliphatic hydroxyl groups is 1. The lowest BCUT2D eigenvalue weighted by Gasteiger charge is -2.21. The van der Waals surface area contributed by atoms with E-state index in [1.54, 1.807) is 20.0 Å². The maximum atomic E-state index is 12.3. The quantitative estimate of drug-likeness (QED) is 0.216. The predicted octanol–water partition coefficient (Wildman–Crippen LogP) is -0.753. The molecule has 0 saturated carbocycles. The van der Waals surface area contributed by atoms with Crippen LogP contribution in [0.2, 0.25) is 0 Å². The summed E-state index contributed by atoms with van der Waals surface area (Å²) in [5, 5.41) is 26.6. The predicted molar refractivity (Wildman–Crippen MR) is 121 cm³/mol. The molecule has 0 aliphatic rings. The maximum Gasteiger partial charge on any atom is 0.326 e. The van der Waals surface area contributed by atoms with Gasteiger partial charge in [-0.25, -0.2) is 4.79 Å². The average molecular weight is 462 g/mol. The maximum absolute atomic E-state index is 12.3. The Labute approximate surface area is 191 Å². The third kappa shape index (κ3) is 7.58. The number of para-hydroxylation sites is 1. The van der Waals surface area contributed by atoms with E-state index in [1.165, 1.54) is 0 Å². The van der Waals surface area contributed by atoms with E-state index < -0.39 is 55.0 Å². The monoisotopic (exact) mass is 461 g/mol. The van der Waals surface area contributed by atoms with Gasteiger partial charge in [0.05, 0.1) is 19.2 Å². The Kier molecular flexibility index (Phi) is 9.37. The lowest BCUT2D eigenvalue weighted by molar-refractivity contribution is -0.143.